The Morgan fingerprint density at radius 2 is 2.09 bits per heavy atom. The van der Waals surface area contributed by atoms with Gasteiger partial charge in [-0.3, -0.25) is 4.99 Å². The van der Waals surface area contributed by atoms with Gasteiger partial charge >= 0.3 is 0 Å². The van der Waals surface area contributed by atoms with Gasteiger partial charge in [-0.05, 0) is 18.9 Å². The van der Waals surface area contributed by atoms with Gasteiger partial charge in [0.2, 0.25) is 5.88 Å². The van der Waals surface area contributed by atoms with Crippen molar-refractivity contribution >= 4 is 29.9 Å². The van der Waals surface area contributed by atoms with Crippen LogP contribution in [0.25, 0.3) is 0 Å². The first kappa shape index (κ1) is 21.9. The molecular weight excluding hydrogens is 407 g/mol. The Bertz CT molecular complexity index is 444. The first-order valence-corrected chi connectivity index (χ1v) is 7.82. The van der Waals surface area contributed by atoms with Crippen molar-refractivity contribution in [1.29, 1.82) is 0 Å². The summed E-state index contributed by atoms with van der Waals surface area (Å²) in [5, 5.41) is 6.52. The van der Waals surface area contributed by atoms with Crippen LogP contribution >= 0.6 is 24.0 Å². The van der Waals surface area contributed by atoms with Crippen molar-refractivity contribution in [2.45, 2.75) is 32.7 Å². The fraction of sp³-hybridized carbons (Fsp3) is 0.625. The van der Waals surface area contributed by atoms with E-state index in [0.717, 1.165) is 43.9 Å². The van der Waals surface area contributed by atoms with Crippen LogP contribution in [-0.2, 0) is 11.3 Å². The number of guanidine groups is 1. The number of hydrogen-bond donors (Lipinski definition) is 2. The Labute approximate surface area is 156 Å². The molecule has 6 nitrogen and oxygen atoms in total. The van der Waals surface area contributed by atoms with E-state index in [0.29, 0.717) is 19.0 Å². The van der Waals surface area contributed by atoms with Crippen LogP contribution in [0.15, 0.2) is 23.3 Å². The lowest BCUT2D eigenvalue weighted by Gasteiger charge is -2.14. The highest BCUT2D eigenvalue weighted by Crippen LogP contribution is 2.14. The first-order valence-electron chi connectivity index (χ1n) is 7.82. The number of rotatable bonds is 10. The average molecular weight is 436 g/mol. The second-order valence-corrected chi connectivity index (χ2v) is 4.87. The second kappa shape index (κ2) is 14.5. The van der Waals surface area contributed by atoms with E-state index in [1.165, 1.54) is 0 Å². The van der Waals surface area contributed by atoms with E-state index >= 15 is 0 Å². The van der Waals surface area contributed by atoms with Gasteiger partial charge in [0.05, 0.1) is 6.61 Å². The molecule has 0 saturated carbocycles. The lowest BCUT2D eigenvalue weighted by molar-refractivity contribution is 0.195. The smallest absolute Gasteiger partial charge is 0.218 e. The number of aliphatic imine (C=N–C) groups is 1. The zero-order valence-electron chi connectivity index (χ0n) is 14.3. The molecule has 2 N–H and O–H groups in total. The summed E-state index contributed by atoms with van der Waals surface area (Å²) in [6, 6.07) is 3.93. The SMILES string of the molecule is CCCCOc1ncccc1CNC(=NC)NCCCOC.I. The monoisotopic (exact) mass is 436 g/mol. The lowest BCUT2D eigenvalue weighted by atomic mass is 10.2. The minimum absolute atomic E-state index is 0. The summed E-state index contributed by atoms with van der Waals surface area (Å²) in [4.78, 5) is 8.50. The van der Waals surface area contributed by atoms with E-state index in [-0.39, 0.29) is 24.0 Å². The normalized spacial score (nSPS) is 10.8. The topological polar surface area (TPSA) is 67.8 Å². The molecule has 132 valence electrons. The molecule has 1 aromatic rings. The van der Waals surface area contributed by atoms with Gasteiger partial charge in [0.25, 0.3) is 0 Å². The largest absolute Gasteiger partial charge is 0.477 e. The minimum atomic E-state index is 0. The number of nitrogens with zero attached hydrogens (tertiary/aromatic N) is 2. The van der Waals surface area contributed by atoms with Crippen molar-refractivity contribution in [3.8, 4) is 5.88 Å². The number of pyridine rings is 1. The predicted molar refractivity (Wildman–Crippen MR) is 105 cm³/mol. The maximum absolute atomic E-state index is 5.73. The number of unbranched alkanes of at least 4 members (excludes halogenated alkanes) is 1. The fourth-order valence-corrected chi connectivity index (χ4v) is 1.82. The van der Waals surface area contributed by atoms with Crippen molar-refractivity contribution in [2.75, 3.05) is 33.9 Å². The number of halogens is 1. The predicted octanol–water partition coefficient (Wildman–Crippen LogP) is 2.58. The maximum Gasteiger partial charge on any atom is 0.218 e. The Balaban J connectivity index is 0.00000484. The van der Waals surface area contributed by atoms with Crippen LogP contribution in [0.1, 0.15) is 31.7 Å². The zero-order valence-corrected chi connectivity index (χ0v) is 16.6. The Hall–Kier alpha value is -1.09. The molecule has 1 rings (SSSR count). The highest BCUT2D eigenvalue weighted by Gasteiger charge is 2.05. The molecule has 7 heteroatoms. The molecular formula is C16H29IN4O2. The summed E-state index contributed by atoms with van der Waals surface area (Å²) in [6.45, 7) is 5.02. The van der Waals surface area contributed by atoms with Crippen LogP contribution in [0, 0.1) is 0 Å². The summed E-state index contributed by atoms with van der Waals surface area (Å²) in [6.07, 6.45) is 4.84. The number of hydrogen-bond acceptors (Lipinski definition) is 4. The molecule has 0 bridgehead atoms. The molecule has 1 aromatic heterocycles. The third-order valence-corrected chi connectivity index (χ3v) is 3.07. The van der Waals surface area contributed by atoms with E-state index in [4.69, 9.17) is 9.47 Å². The first-order chi connectivity index (χ1) is 10.8. The van der Waals surface area contributed by atoms with E-state index in [9.17, 15) is 0 Å². The van der Waals surface area contributed by atoms with Gasteiger partial charge in [-0.1, -0.05) is 19.4 Å². The number of methoxy groups -OCH3 is 1. The molecule has 0 aliphatic heterocycles. The Morgan fingerprint density at radius 1 is 1.26 bits per heavy atom. The van der Waals surface area contributed by atoms with Gasteiger partial charge in [0.15, 0.2) is 5.96 Å². The molecule has 0 atom stereocenters. The van der Waals surface area contributed by atoms with Gasteiger partial charge in [-0.25, -0.2) is 4.98 Å². The van der Waals surface area contributed by atoms with E-state index in [2.05, 4.69) is 27.5 Å². The van der Waals surface area contributed by atoms with E-state index in [1.807, 2.05) is 12.1 Å². The molecule has 1 heterocycles. The van der Waals surface area contributed by atoms with Gasteiger partial charge in [-0.15, -0.1) is 24.0 Å². The molecule has 0 fully saturated rings. The quantitative estimate of drug-likeness (QED) is 0.256. The molecule has 0 spiro atoms. The van der Waals surface area contributed by atoms with Crippen LogP contribution in [0.3, 0.4) is 0 Å². The summed E-state index contributed by atoms with van der Waals surface area (Å²) >= 11 is 0. The van der Waals surface area contributed by atoms with Gasteiger partial charge < -0.3 is 20.1 Å². The minimum Gasteiger partial charge on any atom is -0.477 e. The van der Waals surface area contributed by atoms with Crippen molar-refractivity contribution in [3.05, 3.63) is 23.9 Å². The number of ether oxygens (including phenoxy) is 2. The van der Waals surface area contributed by atoms with Crippen LogP contribution in [0.4, 0.5) is 0 Å². The summed E-state index contributed by atoms with van der Waals surface area (Å²) in [5.74, 6) is 1.46. The Kier molecular flexibility index (Phi) is 13.8. The van der Waals surface area contributed by atoms with Crippen LogP contribution < -0.4 is 15.4 Å². The zero-order chi connectivity index (χ0) is 16.0. The van der Waals surface area contributed by atoms with Gasteiger partial charge in [0.1, 0.15) is 0 Å². The average Bonchev–Trinajstić information content (AvgIpc) is 2.55. The fourth-order valence-electron chi connectivity index (χ4n) is 1.82. The summed E-state index contributed by atoms with van der Waals surface area (Å²) in [5.41, 5.74) is 1.03. The molecule has 0 amide bonds. The Morgan fingerprint density at radius 3 is 2.78 bits per heavy atom. The van der Waals surface area contributed by atoms with Gasteiger partial charge in [0, 0.05) is 45.6 Å². The molecule has 0 aliphatic rings. The van der Waals surface area contributed by atoms with Crippen molar-refractivity contribution < 1.29 is 9.47 Å². The molecule has 0 aromatic carbocycles. The van der Waals surface area contributed by atoms with E-state index < -0.39 is 0 Å². The molecule has 0 radical (unpaired) electrons. The second-order valence-electron chi connectivity index (χ2n) is 4.87. The van der Waals surface area contributed by atoms with Crippen LogP contribution in [0.2, 0.25) is 0 Å². The lowest BCUT2D eigenvalue weighted by Crippen LogP contribution is -2.37. The molecule has 0 saturated heterocycles. The number of nitrogens with one attached hydrogen (secondary N) is 2. The third-order valence-electron chi connectivity index (χ3n) is 3.07. The highest BCUT2D eigenvalue weighted by molar-refractivity contribution is 14.0. The third kappa shape index (κ3) is 9.60. The van der Waals surface area contributed by atoms with Crippen molar-refractivity contribution in [3.63, 3.8) is 0 Å². The van der Waals surface area contributed by atoms with Gasteiger partial charge in [-0.2, -0.15) is 0 Å². The van der Waals surface area contributed by atoms with Crippen molar-refractivity contribution in [1.82, 2.24) is 15.6 Å². The van der Waals surface area contributed by atoms with Crippen molar-refractivity contribution in [2.24, 2.45) is 4.99 Å². The molecule has 0 aliphatic carbocycles. The summed E-state index contributed by atoms with van der Waals surface area (Å²) in [7, 11) is 3.46. The van der Waals surface area contributed by atoms with Crippen LogP contribution in [-0.4, -0.2) is 44.9 Å². The molecule has 0 unspecified atom stereocenters. The van der Waals surface area contributed by atoms with E-state index in [1.54, 1.807) is 20.4 Å². The molecule has 23 heavy (non-hydrogen) atoms. The summed E-state index contributed by atoms with van der Waals surface area (Å²) < 4.78 is 10.8. The highest BCUT2D eigenvalue weighted by atomic mass is 127. The standard InChI is InChI=1S/C16H28N4O2.HI/c1-4-5-12-22-15-14(8-6-9-18-15)13-20-16(17-2)19-10-7-11-21-3;/h6,8-9H,4-5,7,10-13H2,1-3H3,(H2,17,19,20);1H. The maximum atomic E-state index is 5.73. The number of aromatic nitrogens is 1. The van der Waals surface area contributed by atoms with Crippen LogP contribution in [0.5, 0.6) is 5.88 Å².